The zero-order chi connectivity index (χ0) is 14.8. The van der Waals surface area contributed by atoms with Crippen LogP contribution in [0.3, 0.4) is 0 Å². The molecule has 20 heavy (non-hydrogen) atoms. The van der Waals surface area contributed by atoms with Crippen LogP contribution in [0.5, 0.6) is 0 Å². The van der Waals surface area contributed by atoms with Gasteiger partial charge >= 0.3 is 0 Å². The van der Waals surface area contributed by atoms with Crippen molar-refractivity contribution in [3.05, 3.63) is 0 Å². The number of rotatable bonds is 10. The van der Waals surface area contributed by atoms with Crippen LogP contribution >= 0.6 is 11.8 Å². The van der Waals surface area contributed by atoms with Crippen molar-refractivity contribution in [3.8, 4) is 0 Å². The maximum atomic E-state index is 12.0. The highest BCUT2D eigenvalue weighted by atomic mass is 32.2. The van der Waals surface area contributed by atoms with Gasteiger partial charge in [-0.1, -0.05) is 13.3 Å². The maximum Gasteiger partial charge on any atom is 0.211 e. The number of sulfonamides is 1. The van der Waals surface area contributed by atoms with Crippen LogP contribution in [0.2, 0.25) is 0 Å². The van der Waals surface area contributed by atoms with E-state index in [1.54, 1.807) is 0 Å². The van der Waals surface area contributed by atoms with E-state index in [1.807, 2.05) is 11.8 Å². The molecule has 1 rings (SSSR count). The molecule has 2 N–H and O–H groups in total. The molecule has 0 aromatic carbocycles. The van der Waals surface area contributed by atoms with E-state index in [0.717, 1.165) is 51.6 Å². The fourth-order valence-electron chi connectivity index (χ4n) is 2.62. The van der Waals surface area contributed by atoms with Crippen molar-refractivity contribution in [1.29, 1.82) is 0 Å². The molecule has 0 spiro atoms. The van der Waals surface area contributed by atoms with Gasteiger partial charge in [0.15, 0.2) is 0 Å². The van der Waals surface area contributed by atoms with E-state index in [9.17, 15) is 8.42 Å². The average molecular weight is 323 g/mol. The molecule has 0 amide bonds. The Hall–Kier alpha value is 0.220. The van der Waals surface area contributed by atoms with Gasteiger partial charge in [-0.2, -0.15) is 11.8 Å². The van der Waals surface area contributed by atoms with E-state index in [-0.39, 0.29) is 11.8 Å². The zero-order valence-electron chi connectivity index (χ0n) is 12.9. The third kappa shape index (κ3) is 7.86. The smallest absolute Gasteiger partial charge is 0.211 e. The second kappa shape index (κ2) is 10.0. The molecule has 120 valence electrons. The second-order valence-electron chi connectivity index (χ2n) is 5.62. The average Bonchev–Trinajstić information content (AvgIpc) is 2.42. The molecule has 2 atom stereocenters. The SMILES string of the molecule is CCCNCCCCS(=O)(=O)NC1CCCC(SC)C1. The fourth-order valence-corrected chi connectivity index (χ4v) is 4.87. The summed E-state index contributed by atoms with van der Waals surface area (Å²) in [5, 5.41) is 3.92. The summed E-state index contributed by atoms with van der Waals surface area (Å²) in [6.45, 7) is 4.07. The predicted octanol–water partition coefficient (Wildman–Crippen LogP) is 2.36. The van der Waals surface area contributed by atoms with Gasteiger partial charge < -0.3 is 5.32 Å². The number of hydrogen-bond acceptors (Lipinski definition) is 4. The maximum absolute atomic E-state index is 12.0. The normalized spacial score (nSPS) is 23.9. The molecule has 1 saturated carbocycles. The molecule has 0 heterocycles. The van der Waals surface area contributed by atoms with Crippen molar-refractivity contribution in [1.82, 2.24) is 10.0 Å². The Balaban J connectivity index is 2.20. The summed E-state index contributed by atoms with van der Waals surface area (Å²) in [6, 6.07) is 0.157. The van der Waals surface area contributed by atoms with Crippen molar-refractivity contribution >= 4 is 21.8 Å². The van der Waals surface area contributed by atoms with E-state index < -0.39 is 10.0 Å². The second-order valence-corrected chi connectivity index (χ2v) is 8.63. The minimum atomic E-state index is -3.09. The molecule has 0 radical (unpaired) electrons. The highest BCUT2D eigenvalue weighted by molar-refractivity contribution is 7.99. The third-order valence-corrected chi connectivity index (χ3v) is 6.36. The molecule has 2 unspecified atom stereocenters. The van der Waals surface area contributed by atoms with Gasteiger partial charge in [0.2, 0.25) is 10.0 Å². The Morgan fingerprint density at radius 1 is 1.20 bits per heavy atom. The molecule has 0 aromatic rings. The highest BCUT2D eigenvalue weighted by Gasteiger charge is 2.24. The summed E-state index contributed by atoms with van der Waals surface area (Å²) >= 11 is 1.86. The van der Waals surface area contributed by atoms with Crippen molar-refractivity contribution in [2.45, 2.75) is 63.2 Å². The van der Waals surface area contributed by atoms with Crippen LogP contribution in [0.1, 0.15) is 51.9 Å². The number of unbranched alkanes of at least 4 members (excludes halogenated alkanes) is 1. The molecule has 6 heteroatoms. The Morgan fingerprint density at radius 2 is 2.00 bits per heavy atom. The van der Waals surface area contributed by atoms with Gasteiger partial charge in [-0.3, -0.25) is 0 Å². The number of thioether (sulfide) groups is 1. The molecular weight excluding hydrogens is 292 g/mol. The van der Waals surface area contributed by atoms with Crippen LogP contribution in [0, 0.1) is 0 Å². The van der Waals surface area contributed by atoms with Crippen molar-refractivity contribution in [2.24, 2.45) is 0 Å². The summed E-state index contributed by atoms with van der Waals surface area (Å²) in [6.07, 6.45) is 9.25. The van der Waals surface area contributed by atoms with Crippen LogP contribution in [-0.4, -0.2) is 44.8 Å². The lowest BCUT2D eigenvalue weighted by atomic mass is 9.96. The topological polar surface area (TPSA) is 58.2 Å². The molecule has 4 nitrogen and oxygen atoms in total. The van der Waals surface area contributed by atoms with Crippen molar-refractivity contribution in [3.63, 3.8) is 0 Å². The van der Waals surface area contributed by atoms with Gasteiger partial charge in [0, 0.05) is 11.3 Å². The molecular formula is C14H30N2O2S2. The van der Waals surface area contributed by atoms with Crippen molar-refractivity contribution < 1.29 is 8.42 Å². The lowest BCUT2D eigenvalue weighted by molar-refractivity contribution is 0.420. The van der Waals surface area contributed by atoms with Gasteiger partial charge in [-0.25, -0.2) is 13.1 Å². The summed E-state index contributed by atoms with van der Waals surface area (Å²) < 4.78 is 27.0. The first-order valence-corrected chi connectivity index (χ1v) is 10.7. The molecule has 0 saturated heterocycles. The van der Waals surface area contributed by atoms with Gasteiger partial charge in [-0.05, 0) is 57.9 Å². The Morgan fingerprint density at radius 3 is 2.70 bits per heavy atom. The molecule has 0 aliphatic heterocycles. The summed E-state index contributed by atoms with van der Waals surface area (Å²) in [7, 11) is -3.09. The molecule has 0 bridgehead atoms. The van der Waals surface area contributed by atoms with Crippen LogP contribution < -0.4 is 10.0 Å². The molecule has 1 aliphatic rings. The molecule has 1 fully saturated rings. The first-order chi connectivity index (χ1) is 9.57. The quantitative estimate of drug-likeness (QED) is 0.606. The predicted molar refractivity (Wildman–Crippen MR) is 88.9 cm³/mol. The standard InChI is InChI=1S/C14H30N2O2S2/c1-3-9-15-10-4-5-11-20(17,18)16-13-7-6-8-14(12-13)19-2/h13-16H,3-12H2,1-2H3. The van der Waals surface area contributed by atoms with Gasteiger partial charge in [0.1, 0.15) is 0 Å². The number of nitrogens with one attached hydrogen (secondary N) is 2. The Kier molecular flexibility index (Phi) is 9.16. The van der Waals surface area contributed by atoms with Gasteiger partial charge in [-0.15, -0.1) is 0 Å². The first-order valence-electron chi connectivity index (χ1n) is 7.81. The summed E-state index contributed by atoms with van der Waals surface area (Å²) in [5.74, 6) is 0.265. The lowest BCUT2D eigenvalue weighted by Gasteiger charge is -2.28. The largest absolute Gasteiger partial charge is 0.317 e. The molecule has 0 aromatic heterocycles. The van der Waals surface area contributed by atoms with Gasteiger partial charge in [0.05, 0.1) is 5.75 Å². The lowest BCUT2D eigenvalue weighted by Crippen LogP contribution is -2.40. The Bertz CT molecular complexity index is 347. The fraction of sp³-hybridized carbons (Fsp3) is 1.00. The molecule has 1 aliphatic carbocycles. The van der Waals surface area contributed by atoms with Crippen LogP contribution in [-0.2, 0) is 10.0 Å². The van der Waals surface area contributed by atoms with E-state index in [1.165, 1.54) is 6.42 Å². The monoisotopic (exact) mass is 322 g/mol. The van der Waals surface area contributed by atoms with E-state index >= 15 is 0 Å². The minimum absolute atomic E-state index is 0.157. The highest BCUT2D eigenvalue weighted by Crippen LogP contribution is 2.27. The summed E-state index contributed by atoms with van der Waals surface area (Å²) in [5.41, 5.74) is 0. The van der Waals surface area contributed by atoms with Crippen LogP contribution in [0.15, 0.2) is 0 Å². The number of hydrogen-bond donors (Lipinski definition) is 2. The summed E-state index contributed by atoms with van der Waals surface area (Å²) in [4.78, 5) is 0. The Labute approximate surface area is 128 Å². The van der Waals surface area contributed by atoms with Crippen LogP contribution in [0.25, 0.3) is 0 Å². The van der Waals surface area contributed by atoms with Crippen LogP contribution in [0.4, 0.5) is 0 Å². The minimum Gasteiger partial charge on any atom is -0.317 e. The first kappa shape index (κ1) is 18.3. The van der Waals surface area contributed by atoms with E-state index in [2.05, 4.69) is 23.2 Å². The van der Waals surface area contributed by atoms with Gasteiger partial charge in [0.25, 0.3) is 0 Å². The zero-order valence-corrected chi connectivity index (χ0v) is 14.5. The van der Waals surface area contributed by atoms with Crippen molar-refractivity contribution in [2.75, 3.05) is 25.1 Å². The van der Waals surface area contributed by atoms with E-state index in [0.29, 0.717) is 5.25 Å². The van der Waals surface area contributed by atoms with E-state index in [4.69, 9.17) is 0 Å². The third-order valence-electron chi connectivity index (χ3n) is 3.75.